The quantitative estimate of drug-likeness (QED) is 0.490. The Balaban J connectivity index is 2.74. The maximum Gasteiger partial charge on any atom is 0.336 e. The summed E-state index contributed by atoms with van der Waals surface area (Å²) in [5, 5.41) is 0. The molecule has 0 heterocycles. The third-order valence-electron chi connectivity index (χ3n) is 2.37. The molecule has 0 aliphatic carbocycles. The van der Waals surface area contributed by atoms with Gasteiger partial charge in [-0.25, -0.2) is 0 Å². The Bertz CT molecular complexity index is 633. The van der Waals surface area contributed by atoms with Crippen LogP contribution in [0, 0.1) is 0 Å². The number of alkyl halides is 3. The van der Waals surface area contributed by atoms with E-state index in [-0.39, 0.29) is 6.54 Å². The van der Waals surface area contributed by atoms with Crippen molar-refractivity contribution in [1.82, 2.24) is 4.72 Å². The second kappa shape index (κ2) is 8.84. The summed E-state index contributed by atoms with van der Waals surface area (Å²) in [6, 6.07) is 6.85. The largest absolute Gasteiger partial charge is 0.456 e. The van der Waals surface area contributed by atoms with E-state index < -0.39 is 32.8 Å². The van der Waals surface area contributed by atoms with Gasteiger partial charge in [0.25, 0.3) is 0 Å². The minimum absolute atomic E-state index is 0.233. The Morgan fingerprint density at radius 1 is 1.30 bits per heavy atom. The van der Waals surface area contributed by atoms with Crippen molar-refractivity contribution in [2.45, 2.75) is 16.8 Å². The average Bonchev–Trinajstić information content (AvgIpc) is 2.41. The second-order valence-corrected chi connectivity index (χ2v) is 9.19. The summed E-state index contributed by atoms with van der Waals surface area (Å²) in [4.78, 5) is 11.2. The van der Waals surface area contributed by atoms with Crippen molar-refractivity contribution < 1.29 is 22.1 Å². The molecule has 0 aliphatic heterocycles. The maximum absolute atomic E-state index is 11.7. The third-order valence-corrected chi connectivity index (χ3v) is 4.18. The van der Waals surface area contributed by atoms with Crippen LogP contribution in [-0.2, 0) is 24.0 Å². The van der Waals surface area contributed by atoms with Gasteiger partial charge in [-0.1, -0.05) is 62.9 Å². The van der Waals surface area contributed by atoms with Gasteiger partial charge >= 0.3 is 16.3 Å². The van der Waals surface area contributed by atoms with Crippen molar-refractivity contribution in [1.29, 1.82) is 0 Å². The van der Waals surface area contributed by atoms with E-state index in [9.17, 15) is 13.2 Å². The van der Waals surface area contributed by atoms with Crippen LogP contribution in [0.4, 0.5) is 0 Å². The molecule has 1 aromatic rings. The van der Waals surface area contributed by atoms with Crippen LogP contribution in [0.25, 0.3) is 0 Å². The molecule has 130 valence electrons. The van der Waals surface area contributed by atoms with Crippen LogP contribution < -0.4 is 4.72 Å². The first-order valence-electron chi connectivity index (χ1n) is 6.12. The Morgan fingerprint density at radius 2 is 1.87 bits per heavy atom. The lowest BCUT2D eigenvalue weighted by Gasteiger charge is -2.18. The van der Waals surface area contributed by atoms with E-state index in [1.54, 1.807) is 24.3 Å². The molecule has 1 atom stereocenters. The molecular formula is C12H13BrCl3NO5S. The molecule has 0 saturated heterocycles. The van der Waals surface area contributed by atoms with Crippen LogP contribution in [0.1, 0.15) is 18.6 Å². The van der Waals surface area contributed by atoms with Crippen molar-refractivity contribution in [2.24, 2.45) is 0 Å². The fourth-order valence-corrected chi connectivity index (χ4v) is 2.86. The number of rotatable bonds is 7. The highest BCUT2D eigenvalue weighted by molar-refractivity contribution is 9.10. The number of carbonyl (C=O) groups excluding carboxylic acids is 1. The van der Waals surface area contributed by atoms with E-state index in [1.807, 2.05) is 0 Å². The van der Waals surface area contributed by atoms with E-state index in [2.05, 4.69) is 24.8 Å². The van der Waals surface area contributed by atoms with Gasteiger partial charge in [-0.05, 0) is 17.7 Å². The van der Waals surface area contributed by atoms with Crippen LogP contribution in [0.5, 0.6) is 0 Å². The molecule has 0 radical (unpaired) electrons. The van der Waals surface area contributed by atoms with Crippen molar-refractivity contribution >= 4 is 67.0 Å². The second-order valence-electron chi connectivity index (χ2n) is 4.33. The van der Waals surface area contributed by atoms with Crippen molar-refractivity contribution in [3.8, 4) is 0 Å². The van der Waals surface area contributed by atoms with Crippen molar-refractivity contribution in [3.05, 3.63) is 34.3 Å². The summed E-state index contributed by atoms with van der Waals surface area (Å²) in [7, 11) is -4.17. The number of hydrogen-bond acceptors (Lipinski definition) is 5. The number of hydrogen-bond donors (Lipinski definition) is 1. The number of benzene rings is 1. The topological polar surface area (TPSA) is 81.7 Å². The van der Waals surface area contributed by atoms with Gasteiger partial charge in [0.15, 0.2) is 0 Å². The lowest BCUT2D eigenvalue weighted by atomic mass is 10.1. The first-order valence-corrected chi connectivity index (χ1v) is 9.45. The van der Waals surface area contributed by atoms with Crippen LogP contribution in [0.2, 0.25) is 0 Å². The fourth-order valence-electron chi connectivity index (χ4n) is 1.47. The average molecular weight is 470 g/mol. The molecule has 0 amide bonds. The number of halogens is 4. The summed E-state index contributed by atoms with van der Waals surface area (Å²) in [5.74, 6) is -0.556. The van der Waals surface area contributed by atoms with Gasteiger partial charge in [-0.3, -0.25) is 8.98 Å². The van der Waals surface area contributed by atoms with E-state index in [0.29, 0.717) is 5.56 Å². The zero-order valence-corrected chi connectivity index (χ0v) is 16.4. The molecule has 0 aromatic heterocycles. The van der Waals surface area contributed by atoms with Crippen molar-refractivity contribution in [3.63, 3.8) is 0 Å². The molecule has 0 aliphatic rings. The van der Waals surface area contributed by atoms with Crippen molar-refractivity contribution in [2.75, 3.05) is 13.2 Å². The molecule has 11 heteroatoms. The number of nitrogens with one attached hydrogen (secondary N) is 1. The lowest BCUT2D eigenvalue weighted by molar-refractivity contribution is -0.146. The van der Waals surface area contributed by atoms with Crippen LogP contribution in [0.15, 0.2) is 28.7 Å². The van der Waals surface area contributed by atoms with Crippen LogP contribution >= 0.6 is 50.7 Å². The standard InChI is InChI=1S/C12H13BrCl3NO5S/c1-8(18)22-11(9-2-4-10(13)5-3-9)6-17-23(19,20)21-7-12(14,15)16/h2-5,11,17H,6-7H2,1H3/t11-/m1/s1. The minimum atomic E-state index is -4.17. The first-order chi connectivity index (χ1) is 10.5. The normalized spacial score (nSPS) is 13.6. The smallest absolute Gasteiger partial charge is 0.336 e. The van der Waals surface area contributed by atoms with E-state index in [1.165, 1.54) is 6.92 Å². The predicted octanol–water partition coefficient (Wildman–Crippen LogP) is 3.27. The fraction of sp³-hybridized carbons (Fsp3) is 0.417. The molecule has 6 nitrogen and oxygen atoms in total. The molecule has 1 aromatic carbocycles. The zero-order chi connectivity index (χ0) is 17.7. The van der Waals surface area contributed by atoms with Gasteiger partial charge in [0.1, 0.15) is 12.7 Å². The summed E-state index contributed by atoms with van der Waals surface area (Å²) in [5.41, 5.74) is 0.604. The highest BCUT2D eigenvalue weighted by Gasteiger charge is 2.25. The number of ether oxygens (including phenoxy) is 1. The molecule has 1 N–H and O–H groups in total. The molecule has 0 fully saturated rings. The lowest BCUT2D eigenvalue weighted by Crippen LogP contribution is -2.33. The monoisotopic (exact) mass is 467 g/mol. The summed E-state index contributed by atoms with van der Waals surface area (Å²) in [6.07, 6.45) is -0.827. The van der Waals surface area contributed by atoms with Gasteiger partial charge in [-0.2, -0.15) is 13.1 Å². The first kappa shape index (κ1) is 21.0. The summed E-state index contributed by atoms with van der Waals surface area (Å²) >= 11 is 19.5. The third kappa shape index (κ3) is 9.09. The molecule has 0 spiro atoms. The molecule has 0 unspecified atom stereocenters. The highest BCUT2D eigenvalue weighted by atomic mass is 79.9. The SMILES string of the molecule is CC(=O)O[C@H](CNS(=O)(=O)OCC(Cl)(Cl)Cl)c1ccc(Br)cc1. The molecular weight excluding hydrogens is 456 g/mol. The molecule has 23 heavy (non-hydrogen) atoms. The molecule has 0 bridgehead atoms. The Labute approximate surface area is 157 Å². The zero-order valence-electron chi connectivity index (χ0n) is 11.8. The van der Waals surface area contributed by atoms with Crippen LogP contribution in [-0.4, -0.2) is 31.3 Å². The maximum atomic E-state index is 11.7. The molecule has 0 saturated carbocycles. The number of esters is 1. The van der Waals surface area contributed by atoms with Gasteiger partial charge in [0, 0.05) is 11.4 Å². The Kier molecular flexibility index (Phi) is 8.06. The minimum Gasteiger partial charge on any atom is -0.456 e. The Morgan fingerprint density at radius 3 is 2.35 bits per heavy atom. The van der Waals surface area contributed by atoms with Crippen LogP contribution in [0.3, 0.4) is 0 Å². The van der Waals surface area contributed by atoms with E-state index in [4.69, 9.17) is 39.5 Å². The van der Waals surface area contributed by atoms with Gasteiger partial charge < -0.3 is 4.74 Å². The van der Waals surface area contributed by atoms with E-state index >= 15 is 0 Å². The van der Waals surface area contributed by atoms with Gasteiger partial charge in [-0.15, -0.1) is 0 Å². The number of carbonyl (C=O) groups is 1. The Hall–Kier alpha value is -0.0900. The van der Waals surface area contributed by atoms with Gasteiger partial charge in [0.05, 0.1) is 6.54 Å². The summed E-state index contributed by atoms with van der Waals surface area (Å²) in [6.45, 7) is 0.340. The van der Waals surface area contributed by atoms with E-state index in [0.717, 1.165) is 4.47 Å². The highest BCUT2D eigenvalue weighted by Crippen LogP contribution is 2.26. The summed E-state index contributed by atoms with van der Waals surface area (Å²) < 4.78 is 34.1. The predicted molar refractivity (Wildman–Crippen MR) is 91.8 cm³/mol. The van der Waals surface area contributed by atoms with Gasteiger partial charge in [0.2, 0.25) is 3.79 Å². The molecule has 1 rings (SSSR count).